The second-order valence-corrected chi connectivity index (χ2v) is 6.97. The van der Waals surface area contributed by atoms with E-state index in [1.165, 1.54) is 4.90 Å². The van der Waals surface area contributed by atoms with Gasteiger partial charge in [0, 0.05) is 25.9 Å². The Kier molecular flexibility index (Phi) is 4.67. The van der Waals surface area contributed by atoms with Gasteiger partial charge in [-0.05, 0) is 24.3 Å². The molecule has 5 nitrogen and oxygen atoms in total. The first-order valence-electron chi connectivity index (χ1n) is 8.39. The summed E-state index contributed by atoms with van der Waals surface area (Å²) >= 11 is 0. The van der Waals surface area contributed by atoms with Crippen LogP contribution in [0.1, 0.15) is 31.2 Å². The summed E-state index contributed by atoms with van der Waals surface area (Å²) in [5, 5.41) is 9.42. The highest BCUT2D eigenvalue weighted by atomic mass is 19.3. The van der Waals surface area contributed by atoms with Gasteiger partial charge in [0.05, 0.1) is 5.41 Å². The number of carboxylic acids is 1. The lowest BCUT2D eigenvalue weighted by molar-refractivity contribution is -0.210. The van der Waals surface area contributed by atoms with Crippen molar-refractivity contribution in [3.63, 3.8) is 0 Å². The first-order valence-corrected chi connectivity index (χ1v) is 8.39. The van der Waals surface area contributed by atoms with E-state index in [-0.39, 0.29) is 12.5 Å². The molecule has 1 amide bonds. The van der Waals surface area contributed by atoms with E-state index in [0.717, 1.165) is 5.56 Å². The molecule has 7 heteroatoms. The second kappa shape index (κ2) is 6.61. The lowest BCUT2D eigenvalue weighted by atomic mass is 9.57. The van der Waals surface area contributed by atoms with Crippen molar-refractivity contribution in [3.05, 3.63) is 35.9 Å². The molecule has 1 saturated heterocycles. The number of carboxylic acid groups (broad SMARTS) is 1. The van der Waals surface area contributed by atoms with Gasteiger partial charge in [-0.1, -0.05) is 30.3 Å². The van der Waals surface area contributed by atoms with Crippen LogP contribution in [-0.4, -0.2) is 41.1 Å². The summed E-state index contributed by atoms with van der Waals surface area (Å²) in [7, 11) is 0. The number of rotatable bonds is 4. The SMILES string of the molecule is O=C(OCc1ccccc1)N1CCC(C2(C(=O)O)CC(F)(F)C2)CC1. The van der Waals surface area contributed by atoms with Gasteiger partial charge in [0.1, 0.15) is 6.61 Å². The molecule has 1 aliphatic heterocycles. The number of carbonyl (C=O) groups excluding carboxylic acids is 1. The Morgan fingerprint density at radius 3 is 2.28 bits per heavy atom. The smallest absolute Gasteiger partial charge is 0.410 e. The van der Waals surface area contributed by atoms with Crippen molar-refractivity contribution in [2.24, 2.45) is 11.3 Å². The first kappa shape index (κ1) is 17.6. The summed E-state index contributed by atoms with van der Waals surface area (Å²) in [5.74, 6) is -4.37. The highest BCUT2D eigenvalue weighted by Gasteiger charge is 2.64. The van der Waals surface area contributed by atoms with Crippen molar-refractivity contribution < 1.29 is 28.2 Å². The number of piperidine rings is 1. The van der Waals surface area contributed by atoms with E-state index in [9.17, 15) is 23.5 Å². The Bertz CT molecular complexity index is 634. The third-order valence-electron chi connectivity index (χ3n) is 5.31. The number of alkyl halides is 2. The molecule has 1 heterocycles. The van der Waals surface area contributed by atoms with Crippen molar-refractivity contribution in [2.45, 2.75) is 38.2 Å². The molecule has 0 atom stereocenters. The van der Waals surface area contributed by atoms with Crippen LogP contribution < -0.4 is 0 Å². The summed E-state index contributed by atoms with van der Waals surface area (Å²) in [4.78, 5) is 25.2. The molecule has 2 fully saturated rings. The first-order chi connectivity index (χ1) is 11.8. The predicted octanol–water partition coefficient (Wildman–Crippen LogP) is 3.54. The quantitative estimate of drug-likeness (QED) is 0.899. The fourth-order valence-electron chi connectivity index (χ4n) is 3.91. The fraction of sp³-hybridized carbons (Fsp3) is 0.556. The Morgan fingerprint density at radius 1 is 1.16 bits per heavy atom. The van der Waals surface area contributed by atoms with Crippen LogP contribution in [0.2, 0.25) is 0 Å². The molecule has 1 aromatic rings. The molecule has 2 aliphatic rings. The zero-order valence-corrected chi connectivity index (χ0v) is 13.8. The third-order valence-corrected chi connectivity index (χ3v) is 5.31. The Morgan fingerprint density at radius 2 is 1.76 bits per heavy atom. The summed E-state index contributed by atoms with van der Waals surface area (Å²) in [6.07, 6.45) is -0.839. The predicted molar refractivity (Wildman–Crippen MR) is 85.2 cm³/mol. The van der Waals surface area contributed by atoms with Gasteiger partial charge < -0.3 is 14.7 Å². The lowest BCUT2D eigenvalue weighted by Crippen LogP contribution is -2.57. The summed E-state index contributed by atoms with van der Waals surface area (Å²) in [6, 6.07) is 9.29. The normalized spacial score (nSPS) is 22.1. The van der Waals surface area contributed by atoms with Crippen molar-refractivity contribution in [3.8, 4) is 0 Å². The molecule has 0 aromatic heterocycles. The monoisotopic (exact) mass is 353 g/mol. The van der Waals surface area contributed by atoms with Crippen LogP contribution >= 0.6 is 0 Å². The van der Waals surface area contributed by atoms with E-state index in [0.29, 0.717) is 25.9 Å². The van der Waals surface area contributed by atoms with E-state index in [2.05, 4.69) is 0 Å². The van der Waals surface area contributed by atoms with Crippen molar-refractivity contribution in [2.75, 3.05) is 13.1 Å². The van der Waals surface area contributed by atoms with Crippen molar-refractivity contribution >= 4 is 12.1 Å². The number of amides is 1. The molecule has 3 rings (SSSR count). The standard InChI is InChI=1S/C18H21F2NO4/c19-18(20)11-17(12-18,15(22)23)14-6-8-21(9-7-14)16(24)25-10-13-4-2-1-3-5-13/h1-5,14H,6-12H2,(H,22,23). The van der Waals surface area contributed by atoms with Gasteiger partial charge >= 0.3 is 12.1 Å². The van der Waals surface area contributed by atoms with Crippen LogP contribution in [0.25, 0.3) is 0 Å². The number of hydrogen-bond acceptors (Lipinski definition) is 3. The largest absolute Gasteiger partial charge is 0.481 e. The van der Waals surface area contributed by atoms with Gasteiger partial charge in [-0.3, -0.25) is 4.79 Å². The van der Waals surface area contributed by atoms with E-state index in [4.69, 9.17) is 4.74 Å². The van der Waals surface area contributed by atoms with Gasteiger partial charge in [0.2, 0.25) is 5.92 Å². The number of hydrogen-bond donors (Lipinski definition) is 1. The molecule has 136 valence electrons. The van der Waals surface area contributed by atoms with Crippen LogP contribution in [0.3, 0.4) is 0 Å². The minimum Gasteiger partial charge on any atom is -0.481 e. The highest BCUT2D eigenvalue weighted by molar-refractivity contribution is 5.77. The Hall–Kier alpha value is -2.18. The maximum atomic E-state index is 13.3. The maximum absolute atomic E-state index is 13.3. The number of benzene rings is 1. The van der Waals surface area contributed by atoms with E-state index in [1.54, 1.807) is 0 Å². The average Bonchev–Trinajstić information content (AvgIpc) is 2.58. The summed E-state index contributed by atoms with van der Waals surface area (Å²) in [6.45, 7) is 0.836. The minimum absolute atomic E-state index is 0.172. The van der Waals surface area contributed by atoms with Gasteiger partial charge in [-0.25, -0.2) is 13.6 Å². The summed E-state index contributed by atoms with van der Waals surface area (Å²) in [5.41, 5.74) is -0.462. The molecule has 1 N–H and O–H groups in total. The van der Waals surface area contributed by atoms with Crippen LogP contribution in [-0.2, 0) is 16.1 Å². The Balaban J connectivity index is 1.51. The molecule has 1 aliphatic carbocycles. The fourth-order valence-corrected chi connectivity index (χ4v) is 3.91. The maximum Gasteiger partial charge on any atom is 0.410 e. The number of ether oxygens (including phenoxy) is 1. The van der Waals surface area contributed by atoms with Crippen molar-refractivity contribution in [1.29, 1.82) is 0 Å². The molecule has 0 spiro atoms. The number of aliphatic carboxylic acids is 1. The molecular formula is C18H21F2NO4. The van der Waals surface area contributed by atoms with Gasteiger partial charge in [0.15, 0.2) is 0 Å². The lowest BCUT2D eigenvalue weighted by Gasteiger charge is -2.50. The van der Waals surface area contributed by atoms with Crippen LogP contribution in [0.5, 0.6) is 0 Å². The molecule has 0 unspecified atom stereocenters. The molecule has 1 saturated carbocycles. The van der Waals surface area contributed by atoms with E-state index < -0.39 is 36.2 Å². The zero-order chi connectivity index (χ0) is 18.1. The van der Waals surface area contributed by atoms with Gasteiger partial charge in [-0.2, -0.15) is 0 Å². The molecule has 1 aromatic carbocycles. The van der Waals surface area contributed by atoms with Crippen LogP contribution in [0.4, 0.5) is 13.6 Å². The zero-order valence-electron chi connectivity index (χ0n) is 13.8. The van der Waals surface area contributed by atoms with Crippen molar-refractivity contribution in [1.82, 2.24) is 4.90 Å². The number of carbonyl (C=O) groups is 2. The summed E-state index contributed by atoms with van der Waals surface area (Å²) < 4.78 is 31.8. The minimum atomic E-state index is -2.88. The number of likely N-dealkylation sites (tertiary alicyclic amines) is 1. The van der Waals surface area contributed by atoms with E-state index >= 15 is 0 Å². The van der Waals surface area contributed by atoms with Gasteiger partial charge in [0.25, 0.3) is 0 Å². The topological polar surface area (TPSA) is 66.8 Å². The van der Waals surface area contributed by atoms with Crippen LogP contribution in [0, 0.1) is 11.3 Å². The van der Waals surface area contributed by atoms with Crippen LogP contribution in [0.15, 0.2) is 30.3 Å². The molecule has 0 bridgehead atoms. The highest BCUT2D eigenvalue weighted by Crippen LogP contribution is 2.58. The second-order valence-electron chi connectivity index (χ2n) is 6.97. The third kappa shape index (κ3) is 3.60. The molecule has 25 heavy (non-hydrogen) atoms. The number of nitrogens with zero attached hydrogens (tertiary/aromatic N) is 1. The average molecular weight is 353 g/mol. The number of halogens is 2. The Labute approximate surface area is 144 Å². The van der Waals surface area contributed by atoms with E-state index in [1.807, 2.05) is 30.3 Å². The molecular weight excluding hydrogens is 332 g/mol. The van der Waals surface area contributed by atoms with Gasteiger partial charge in [-0.15, -0.1) is 0 Å². The molecule has 0 radical (unpaired) electrons.